The van der Waals surface area contributed by atoms with Crippen molar-refractivity contribution in [3.8, 4) is 23.0 Å². The number of hydrogen-bond acceptors (Lipinski definition) is 7. The number of carbonyl (C=O) groups is 1. The lowest BCUT2D eigenvalue weighted by atomic mass is 9.77. The first-order valence-electron chi connectivity index (χ1n) is 17.7. The average Bonchev–Trinajstić information content (AvgIpc) is 3.65. The first-order valence-corrected chi connectivity index (χ1v) is 20.0. The maximum atomic E-state index is 15.4. The van der Waals surface area contributed by atoms with E-state index >= 15 is 8.78 Å². The largest absolute Gasteiger partial charge is 0.377 e. The molecule has 2 fully saturated rings. The number of aromatic nitrogens is 5. The first-order chi connectivity index (χ1) is 27.1. The van der Waals surface area contributed by atoms with Crippen LogP contribution in [0.1, 0.15) is 71.6 Å². The molecule has 0 spiro atoms. The van der Waals surface area contributed by atoms with E-state index in [0.717, 1.165) is 6.26 Å². The van der Waals surface area contributed by atoms with Gasteiger partial charge in [-0.15, -0.1) is 0 Å². The van der Waals surface area contributed by atoms with Crippen molar-refractivity contribution in [2.75, 3.05) is 11.0 Å². The van der Waals surface area contributed by atoms with Crippen LogP contribution in [0, 0.1) is 23.6 Å². The number of pyridine rings is 1. The van der Waals surface area contributed by atoms with Crippen LogP contribution in [0.25, 0.3) is 22.0 Å². The number of hydrogen-bond donors (Lipinski definition) is 3. The third-order valence-electron chi connectivity index (χ3n) is 10.4. The summed E-state index contributed by atoms with van der Waals surface area (Å²) in [5, 5.41) is 21.6. The molecule has 3 aromatic heterocycles. The van der Waals surface area contributed by atoms with Gasteiger partial charge in [0.2, 0.25) is 15.9 Å². The van der Waals surface area contributed by atoms with Gasteiger partial charge in [0.15, 0.2) is 5.82 Å². The van der Waals surface area contributed by atoms with Crippen molar-refractivity contribution in [3.05, 3.63) is 93.3 Å². The molecule has 0 saturated heterocycles. The second-order valence-corrected chi connectivity index (χ2v) is 17.1. The first kappa shape index (κ1) is 39.6. The quantitative estimate of drug-likeness (QED) is 0.104. The SMILES string of the molecule is Cn1nc(NS(C)(=O)=O)c2c(Cl)ccc(-c3ccc(C#CC4(O)CC(F)(F)C4)nc3[C@H](Cc3cccc(F)c3)NC(=O)Cn3nc(C(F)F)c4c3C(F)(F)[C@@H]3C[C@H]43)c21. The average molecular weight is 850 g/mol. The second kappa shape index (κ2) is 13.7. The summed E-state index contributed by atoms with van der Waals surface area (Å²) in [4.78, 5) is 18.6. The van der Waals surface area contributed by atoms with E-state index < -0.39 is 94.3 Å². The van der Waals surface area contributed by atoms with Crippen LogP contribution in [0.15, 0.2) is 48.5 Å². The number of carbonyl (C=O) groups excluding carboxylic acids is 1. The number of aliphatic hydroxyl groups is 1. The lowest BCUT2D eigenvalue weighted by Crippen LogP contribution is -2.50. The van der Waals surface area contributed by atoms with Crippen LogP contribution in [-0.4, -0.2) is 61.8 Å². The van der Waals surface area contributed by atoms with Crippen LogP contribution >= 0.6 is 11.6 Å². The molecule has 8 rings (SSSR count). The minimum atomic E-state index is -3.85. The van der Waals surface area contributed by atoms with Gasteiger partial charge < -0.3 is 10.4 Å². The smallest absolute Gasteiger partial charge is 0.293 e. The molecule has 2 saturated carbocycles. The lowest BCUT2D eigenvalue weighted by Gasteiger charge is -2.39. The highest BCUT2D eigenvalue weighted by molar-refractivity contribution is 7.92. The van der Waals surface area contributed by atoms with Gasteiger partial charge in [-0.05, 0) is 60.6 Å². The van der Waals surface area contributed by atoms with Crippen LogP contribution in [0.5, 0.6) is 0 Å². The highest BCUT2D eigenvalue weighted by Crippen LogP contribution is 2.68. The van der Waals surface area contributed by atoms with Crippen LogP contribution in [0.4, 0.5) is 36.6 Å². The molecule has 3 aliphatic rings. The summed E-state index contributed by atoms with van der Waals surface area (Å²) in [6.45, 7) is -0.909. The highest BCUT2D eigenvalue weighted by Gasteiger charge is 2.67. The van der Waals surface area contributed by atoms with E-state index in [2.05, 4.69) is 37.1 Å². The third kappa shape index (κ3) is 7.26. The Hall–Kier alpha value is -5.19. The van der Waals surface area contributed by atoms with E-state index in [4.69, 9.17) is 11.6 Å². The summed E-state index contributed by atoms with van der Waals surface area (Å²) < 4.78 is 130. The maximum absolute atomic E-state index is 15.4. The molecule has 58 heavy (non-hydrogen) atoms. The second-order valence-electron chi connectivity index (χ2n) is 14.9. The Morgan fingerprint density at radius 3 is 2.47 bits per heavy atom. The molecular formula is C38H31ClF7N7O4S. The Morgan fingerprint density at radius 2 is 1.79 bits per heavy atom. The van der Waals surface area contributed by atoms with Gasteiger partial charge in [-0.2, -0.15) is 19.0 Å². The van der Waals surface area contributed by atoms with E-state index in [9.17, 15) is 40.3 Å². The predicted octanol–water partition coefficient (Wildman–Crippen LogP) is 6.75. The number of benzene rings is 2. The van der Waals surface area contributed by atoms with Crippen molar-refractivity contribution in [1.82, 2.24) is 29.9 Å². The van der Waals surface area contributed by atoms with E-state index in [-0.39, 0.29) is 57.1 Å². The predicted molar refractivity (Wildman–Crippen MR) is 196 cm³/mol. The van der Waals surface area contributed by atoms with E-state index in [1.54, 1.807) is 12.1 Å². The standard InChI is InChI=1S/C38H31ClF7N7O4S/c1-52-32-22(8-9-25(39)29(32)35(50-52)51-58(2,56)57)21-7-6-20(10-11-36(55)16-37(43,44)17-36)47-30(21)26(13-18-4-3-5-19(40)12-18)48-27(54)15-53-33-28(31(49-53)34(41)42)23-14-24(23)38(33,45)46/h3-9,12,23-24,26,34,55H,13-17H2,1-2H3,(H,48,54)(H,50,51)/t23-,24+,26-/m0/s1. The molecular weight excluding hydrogens is 819 g/mol. The number of halogens is 8. The normalized spacial score (nSPS) is 20.1. The Balaban J connectivity index is 1.26. The van der Waals surface area contributed by atoms with Crippen molar-refractivity contribution in [2.24, 2.45) is 13.0 Å². The molecule has 0 bridgehead atoms. The fraction of sp³-hybridized carbons (Fsp3) is 0.368. The number of amides is 1. The number of aryl methyl sites for hydroxylation is 1. The summed E-state index contributed by atoms with van der Waals surface area (Å²) >= 11 is 6.58. The Morgan fingerprint density at radius 1 is 1.07 bits per heavy atom. The Bertz CT molecular complexity index is 2700. The molecule has 3 N–H and O–H groups in total. The summed E-state index contributed by atoms with van der Waals surface area (Å²) in [5.74, 6) is -5.26. The fourth-order valence-corrected chi connectivity index (χ4v) is 8.76. The lowest BCUT2D eigenvalue weighted by molar-refractivity contribution is -0.176. The van der Waals surface area contributed by atoms with Gasteiger partial charge in [0, 0.05) is 29.7 Å². The van der Waals surface area contributed by atoms with Gasteiger partial charge in [-0.3, -0.25) is 18.9 Å². The minimum absolute atomic E-state index is 0.0151. The van der Waals surface area contributed by atoms with Crippen molar-refractivity contribution in [3.63, 3.8) is 0 Å². The number of nitrogens with zero attached hydrogens (tertiary/aromatic N) is 5. The summed E-state index contributed by atoms with van der Waals surface area (Å²) in [6.07, 6.45) is -4.25. The van der Waals surface area contributed by atoms with Gasteiger partial charge >= 0.3 is 0 Å². The van der Waals surface area contributed by atoms with Crippen LogP contribution in [0.2, 0.25) is 5.02 Å². The molecule has 3 aliphatic carbocycles. The summed E-state index contributed by atoms with van der Waals surface area (Å²) in [5.41, 5.74) is -2.69. The van der Waals surface area contributed by atoms with Gasteiger partial charge in [0.05, 0.1) is 46.8 Å². The van der Waals surface area contributed by atoms with Crippen LogP contribution in [-0.2, 0) is 40.8 Å². The molecule has 1 amide bonds. The zero-order valence-electron chi connectivity index (χ0n) is 30.3. The maximum Gasteiger partial charge on any atom is 0.293 e. The molecule has 20 heteroatoms. The molecule has 0 aliphatic heterocycles. The van der Waals surface area contributed by atoms with Crippen LogP contribution < -0.4 is 10.0 Å². The van der Waals surface area contributed by atoms with Crippen LogP contribution in [0.3, 0.4) is 0 Å². The van der Waals surface area contributed by atoms with E-state index in [0.29, 0.717) is 15.8 Å². The van der Waals surface area contributed by atoms with Crippen molar-refractivity contribution in [1.29, 1.82) is 0 Å². The van der Waals surface area contributed by atoms with Crippen molar-refractivity contribution < 1.29 is 49.1 Å². The van der Waals surface area contributed by atoms with Gasteiger partial charge in [-0.25, -0.2) is 35.4 Å². The zero-order valence-corrected chi connectivity index (χ0v) is 31.9. The van der Waals surface area contributed by atoms with Crippen molar-refractivity contribution in [2.45, 2.75) is 68.1 Å². The number of anilines is 1. The number of rotatable bonds is 10. The summed E-state index contributed by atoms with van der Waals surface area (Å²) in [6, 6.07) is 10.0. The number of alkyl halides is 6. The monoisotopic (exact) mass is 849 g/mol. The van der Waals surface area contributed by atoms with E-state index in [1.165, 1.54) is 48.1 Å². The van der Waals surface area contributed by atoms with Gasteiger partial charge in [0.25, 0.3) is 18.3 Å². The third-order valence-corrected chi connectivity index (χ3v) is 11.3. The van der Waals surface area contributed by atoms with Gasteiger partial charge in [0.1, 0.15) is 35.0 Å². The molecule has 11 nitrogen and oxygen atoms in total. The molecule has 304 valence electrons. The molecule has 0 radical (unpaired) electrons. The van der Waals surface area contributed by atoms with Crippen molar-refractivity contribution >= 4 is 44.3 Å². The van der Waals surface area contributed by atoms with E-state index in [1.807, 2.05) is 0 Å². The Kier molecular flexibility index (Phi) is 9.36. The molecule has 0 unspecified atom stereocenters. The number of fused-ring (bicyclic) bond motifs is 4. The molecule has 5 aromatic rings. The fourth-order valence-electron chi connectivity index (χ4n) is 8.02. The molecule has 2 aromatic carbocycles. The molecule has 3 atom stereocenters. The number of nitrogens with one attached hydrogen (secondary N) is 2. The minimum Gasteiger partial charge on any atom is -0.377 e. The zero-order chi connectivity index (χ0) is 41.7. The molecule has 3 heterocycles. The number of sulfonamides is 1. The highest BCUT2D eigenvalue weighted by atomic mass is 35.5. The van der Waals surface area contributed by atoms with Gasteiger partial charge in [-0.1, -0.05) is 35.7 Å². The topological polar surface area (TPSA) is 144 Å². The summed E-state index contributed by atoms with van der Waals surface area (Å²) in [7, 11) is -2.33. The Labute approximate surface area is 330 Å².